The Morgan fingerprint density at radius 3 is 2.95 bits per heavy atom. The highest BCUT2D eigenvalue weighted by molar-refractivity contribution is 7.84. The number of fused-ring (bicyclic) bond motifs is 1. The van der Waals surface area contributed by atoms with E-state index in [-0.39, 0.29) is 24.3 Å². The number of nitrogens with two attached hydrogens (primary N) is 1. The number of aromatic nitrogens is 2. The van der Waals surface area contributed by atoms with Gasteiger partial charge in [0.25, 0.3) is 0 Å². The number of benzene rings is 1. The summed E-state index contributed by atoms with van der Waals surface area (Å²) in [6.45, 7) is 0.560. The van der Waals surface area contributed by atoms with Gasteiger partial charge in [0.05, 0.1) is 23.7 Å². The third-order valence-corrected chi connectivity index (χ3v) is 8.19. The molecule has 1 aliphatic carbocycles. The van der Waals surface area contributed by atoms with Gasteiger partial charge in [-0.25, -0.2) is 15.1 Å². The zero-order valence-corrected chi connectivity index (χ0v) is 21.4. The standard InChI is InChI=1S/C25H25N5O5S2/c26-11-22-19(24-18-4-2-1-3-16(18)7-8-34-24)10-21(36-22)23(31)20-12-28-14-29-25(20)30-17-6-5-15(9-17)13-35-37(27,32)33/h1-4,10,12,14-15,17,24H,5-9,13H2,(H2,27,32,33)(H,28,29,30)/t15-,17+,24?/m1/s1. The summed E-state index contributed by atoms with van der Waals surface area (Å²) in [5.74, 6) is 0.131. The number of rotatable bonds is 8. The summed E-state index contributed by atoms with van der Waals surface area (Å²) < 4.78 is 32.9. The van der Waals surface area contributed by atoms with Crippen molar-refractivity contribution in [2.24, 2.45) is 11.1 Å². The van der Waals surface area contributed by atoms with Crippen LogP contribution in [0.4, 0.5) is 5.82 Å². The van der Waals surface area contributed by atoms with Crippen molar-refractivity contribution in [2.75, 3.05) is 18.5 Å². The molecule has 0 amide bonds. The molecular weight excluding hydrogens is 514 g/mol. The van der Waals surface area contributed by atoms with Crippen molar-refractivity contribution in [3.63, 3.8) is 0 Å². The summed E-state index contributed by atoms with van der Waals surface area (Å²) in [6.07, 6.45) is 5.39. The Morgan fingerprint density at radius 1 is 1.30 bits per heavy atom. The highest BCUT2D eigenvalue weighted by Crippen LogP contribution is 2.38. The Hall–Kier alpha value is -3.21. The average Bonchev–Trinajstić information content (AvgIpc) is 3.53. The minimum Gasteiger partial charge on any atom is -0.368 e. The Labute approximate surface area is 218 Å². The van der Waals surface area contributed by atoms with E-state index in [1.807, 2.05) is 18.2 Å². The van der Waals surface area contributed by atoms with Crippen LogP contribution in [-0.4, -0.2) is 43.4 Å². The fourth-order valence-corrected chi connectivity index (χ4v) is 6.26. The maximum Gasteiger partial charge on any atom is 0.333 e. The number of ether oxygens (including phenoxy) is 1. The SMILES string of the molecule is N#Cc1sc(C(=O)c2cncnc2N[C@H]2CC[C@@H](COS(N)(=O)=O)C2)cc1C1OCCc2ccccc21. The van der Waals surface area contributed by atoms with E-state index in [4.69, 9.17) is 14.1 Å². The van der Waals surface area contributed by atoms with Gasteiger partial charge in [-0.3, -0.25) is 8.98 Å². The number of carbonyl (C=O) groups excluding carboxylic acids is 1. The molecular formula is C25H25N5O5S2. The summed E-state index contributed by atoms with van der Waals surface area (Å²) in [6, 6.07) is 11.9. The predicted octanol–water partition coefficient (Wildman–Crippen LogP) is 3.10. The molecule has 1 unspecified atom stereocenters. The number of hydrogen-bond donors (Lipinski definition) is 2. The second-order valence-corrected chi connectivity index (χ2v) is 11.4. The van der Waals surface area contributed by atoms with Crippen LogP contribution in [0.2, 0.25) is 0 Å². The van der Waals surface area contributed by atoms with E-state index in [2.05, 4.69) is 27.4 Å². The van der Waals surface area contributed by atoms with E-state index in [1.54, 1.807) is 6.07 Å². The van der Waals surface area contributed by atoms with Gasteiger partial charge >= 0.3 is 10.3 Å². The molecule has 3 N–H and O–H groups in total. The molecule has 192 valence electrons. The zero-order chi connectivity index (χ0) is 26.0. The first-order chi connectivity index (χ1) is 17.8. The van der Waals surface area contributed by atoms with E-state index in [1.165, 1.54) is 18.1 Å². The van der Waals surface area contributed by atoms with Crippen molar-refractivity contribution in [3.05, 3.63) is 74.9 Å². The van der Waals surface area contributed by atoms with Gasteiger partial charge in [0, 0.05) is 17.8 Å². The van der Waals surface area contributed by atoms with E-state index in [0.29, 0.717) is 39.7 Å². The summed E-state index contributed by atoms with van der Waals surface area (Å²) in [5, 5.41) is 18.1. The maximum atomic E-state index is 13.6. The molecule has 0 spiro atoms. The Balaban J connectivity index is 1.36. The van der Waals surface area contributed by atoms with Gasteiger partial charge in [-0.15, -0.1) is 11.3 Å². The highest BCUT2D eigenvalue weighted by atomic mass is 32.2. The van der Waals surface area contributed by atoms with Gasteiger partial charge in [0.1, 0.15) is 29.2 Å². The summed E-state index contributed by atoms with van der Waals surface area (Å²) in [7, 11) is -3.98. The van der Waals surface area contributed by atoms with E-state index >= 15 is 0 Å². The normalized spacial score (nSPS) is 21.2. The van der Waals surface area contributed by atoms with Crippen LogP contribution >= 0.6 is 11.3 Å². The maximum absolute atomic E-state index is 13.6. The van der Waals surface area contributed by atoms with Crippen molar-refractivity contribution >= 4 is 33.2 Å². The fourth-order valence-electron chi connectivity index (χ4n) is 4.94. The Bertz CT molecular complexity index is 1470. The van der Waals surface area contributed by atoms with Gasteiger partial charge in [-0.2, -0.15) is 13.7 Å². The molecule has 3 heterocycles. The smallest absolute Gasteiger partial charge is 0.333 e. The van der Waals surface area contributed by atoms with Crippen molar-refractivity contribution < 1.29 is 22.1 Å². The lowest BCUT2D eigenvalue weighted by molar-refractivity contribution is 0.0699. The van der Waals surface area contributed by atoms with Crippen molar-refractivity contribution in [3.8, 4) is 6.07 Å². The lowest BCUT2D eigenvalue weighted by Crippen LogP contribution is -2.22. The number of anilines is 1. The van der Waals surface area contributed by atoms with Crippen LogP contribution in [0.25, 0.3) is 0 Å². The Kier molecular flexibility index (Phi) is 7.32. The molecule has 12 heteroatoms. The summed E-state index contributed by atoms with van der Waals surface area (Å²) in [5.41, 5.74) is 3.17. The molecule has 0 saturated heterocycles. The van der Waals surface area contributed by atoms with Gasteiger partial charge in [-0.05, 0) is 48.8 Å². The number of carbonyl (C=O) groups is 1. The molecule has 1 aromatic carbocycles. The van der Waals surface area contributed by atoms with Crippen molar-refractivity contribution in [2.45, 2.75) is 37.8 Å². The third kappa shape index (κ3) is 5.71. The molecule has 10 nitrogen and oxygen atoms in total. The first-order valence-corrected chi connectivity index (χ1v) is 14.1. The minimum atomic E-state index is -3.98. The lowest BCUT2D eigenvalue weighted by atomic mass is 9.93. The largest absolute Gasteiger partial charge is 0.368 e. The molecule has 3 aromatic rings. The highest BCUT2D eigenvalue weighted by Gasteiger charge is 2.30. The van der Waals surface area contributed by atoms with Crippen LogP contribution in [-0.2, 0) is 25.6 Å². The van der Waals surface area contributed by atoms with E-state index in [9.17, 15) is 18.5 Å². The molecule has 2 aromatic heterocycles. The van der Waals surface area contributed by atoms with Crippen LogP contribution in [0.3, 0.4) is 0 Å². The third-order valence-electron chi connectivity index (χ3n) is 6.67. The van der Waals surface area contributed by atoms with Crippen molar-refractivity contribution in [1.82, 2.24) is 9.97 Å². The molecule has 0 bridgehead atoms. The average molecular weight is 540 g/mol. The van der Waals surface area contributed by atoms with Crippen LogP contribution < -0.4 is 10.5 Å². The number of ketones is 1. The van der Waals surface area contributed by atoms with Gasteiger partial charge < -0.3 is 10.1 Å². The van der Waals surface area contributed by atoms with Crippen LogP contribution in [0.1, 0.15) is 62.2 Å². The molecule has 1 aliphatic heterocycles. The topological polar surface area (TPSA) is 157 Å². The monoisotopic (exact) mass is 539 g/mol. The molecule has 1 fully saturated rings. The first kappa shape index (κ1) is 25.4. The lowest BCUT2D eigenvalue weighted by Gasteiger charge is -2.25. The van der Waals surface area contributed by atoms with Crippen LogP contribution in [0.5, 0.6) is 0 Å². The van der Waals surface area contributed by atoms with Gasteiger partial charge in [0.2, 0.25) is 5.78 Å². The molecule has 37 heavy (non-hydrogen) atoms. The van der Waals surface area contributed by atoms with E-state index < -0.39 is 16.4 Å². The predicted molar refractivity (Wildman–Crippen MR) is 136 cm³/mol. The van der Waals surface area contributed by atoms with E-state index in [0.717, 1.165) is 36.2 Å². The minimum absolute atomic E-state index is 0.0174. The van der Waals surface area contributed by atoms with Gasteiger partial charge in [-0.1, -0.05) is 24.3 Å². The number of thiophene rings is 1. The zero-order valence-electron chi connectivity index (χ0n) is 19.8. The number of nitrogens with zero attached hydrogens (tertiary/aromatic N) is 3. The quantitative estimate of drug-likeness (QED) is 0.410. The molecule has 3 atom stereocenters. The second-order valence-electron chi connectivity index (χ2n) is 9.12. The second kappa shape index (κ2) is 10.6. The van der Waals surface area contributed by atoms with Gasteiger partial charge in [0.15, 0.2) is 0 Å². The number of nitriles is 1. The Morgan fingerprint density at radius 2 is 2.14 bits per heavy atom. The first-order valence-electron chi connectivity index (χ1n) is 11.8. The molecule has 5 rings (SSSR count). The fraction of sp³-hybridized carbons (Fsp3) is 0.360. The molecule has 1 saturated carbocycles. The summed E-state index contributed by atoms with van der Waals surface area (Å²) in [4.78, 5) is 22.7. The van der Waals surface area contributed by atoms with Crippen LogP contribution in [0.15, 0.2) is 42.9 Å². The molecule has 0 radical (unpaired) electrons. The summed E-state index contributed by atoms with van der Waals surface area (Å²) >= 11 is 1.13. The number of hydrogen-bond acceptors (Lipinski definition) is 10. The molecule has 2 aliphatic rings. The van der Waals surface area contributed by atoms with Crippen LogP contribution in [0, 0.1) is 17.2 Å². The number of nitrogens with one attached hydrogen (secondary N) is 1. The van der Waals surface area contributed by atoms with Crippen molar-refractivity contribution in [1.29, 1.82) is 5.26 Å².